The van der Waals surface area contributed by atoms with Crippen molar-refractivity contribution in [3.05, 3.63) is 68.1 Å². The van der Waals surface area contributed by atoms with Gasteiger partial charge < -0.3 is 19.7 Å². The minimum Gasteiger partial charge on any atom is -0.384 e. The third-order valence-corrected chi connectivity index (χ3v) is 6.65. The zero-order valence-electron chi connectivity index (χ0n) is 20.5. The van der Waals surface area contributed by atoms with Crippen LogP contribution < -0.4 is 16.4 Å². The van der Waals surface area contributed by atoms with E-state index in [9.17, 15) is 23.5 Å². The summed E-state index contributed by atoms with van der Waals surface area (Å²) < 4.78 is 52.8. The lowest BCUT2D eigenvalue weighted by Crippen LogP contribution is -2.41. The van der Waals surface area contributed by atoms with Crippen LogP contribution in [0.1, 0.15) is 56.8 Å². The lowest BCUT2D eigenvalue weighted by atomic mass is 9.91. The Labute approximate surface area is 205 Å². The third-order valence-electron chi connectivity index (χ3n) is 6.65. The van der Waals surface area contributed by atoms with Gasteiger partial charge in [0.05, 0.1) is 17.0 Å². The zero-order valence-corrected chi connectivity index (χ0v) is 20.5. The molecule has 36 heavy (non-hydrogen) atoms. The van der Waals surface area contributed by atoms with Gasteiger partial charge in [-0.25, -0.2) is 9.07 Å². The number of ether oxygens (including phenoxy) is 1. The minimum absolute atomic E-state index is 0.0713. The van der Waals surface area contributed by atoms with Crippen LogP contribution >= 0.6 is 0 Å². The minimum atomic E-state index is -3.84. The fraction of sp³-hybridized carbons (Fsp3) is 0.480. The number of hydrogen-bond donors (Lipinski definition) is 2. The maximum absolute atomic E-state index is 15.3. The predicted molar refractivity (Wildman–Crippen MR) is 129 cm³/mol. The topological polar surface area (TPSA) is 98.4 Å². The fourth-order valence-corrected chi connectivity index (χ4v) is 4.43. The quantitative estimate of drug-likeness (QED) is 0.530. The van der Waals surface area contributed by atoms with Crippen molar-refractivity contribution >= 4 is 16.6 Å². The molecule has 1 aliphatic rings. The molecule has 0 unspecified atom stereocenters. The van der Waals surface area contributed by atoms with Gasteiger partial charge in [0.1, 0.15) is 11.4 Å². The van der Waals surface area contributed by atoms with Crippen LogP contribution in [-0.2, 0) is 17.7 Å². The van der Waals surface area contributed by atoms with E-state index < -0.39 is 34.5 Å². The molecule has 1 saturated heterocycles. The molecule has 8 nitrogen and oxygen atoms in total. The molecule has 3 aromatic rings. The van der Waals surface area contributed by atoms with Crippen LogP contribution in [0.5, 0.6) is 0 Å². The molecule has 1 aliphatic heterocycles. The van der Waals surface area contributed by atoms with E-state index in [1.54, 1.807) is 17.7 Å². The highest BCUT2D eigenvalue weighted by atomic mass is 19.3. The number of benzene rings is 1. The summed E-state index contributed by atoms with van der Waals surface area (Å²) in [5.74, 6) is -4.80. The zero-order chi connectivity index (χ0) is 26.4. The Morgan fingerprint density at radius 1 is 1.19 bits per heavy atom. The number of alkyl halides is 2. The number of fused-ring (bicyclic) bond motifs is 1. The Balaban J connectivity index is 1.79. The number of nitrogens with zero attached hydrogens (tertiary/aromatic N) is 3. The van der Waals surface area contributed by atoms with E-state index in [2.05, 4.69) is 10.4 Å². The average Bonchev–Trinajstić information content (AvgIpc) is 2.82. The molecule has 4 rings (SSSR count). The number of halogens is 3. The molecule has 0 amide bonds. The van der Waals surface area contributed by atoms with Gasteiger partial charge in [0.15, 0.2) is 5.82 Å². The molecule has 0 radical (unpaired) electrons. The van der Waals surface area contributed by atoms with E-state index in [1.807, 2.05) is 0 Å². The van der Waals surface area contributed by atoms with Crippen molar-refractivity contribution in [2.24, 2.45) is 7.05 Å². The number of pyridine rings is 1. The molecule has 1 fully saturated rings. The molecule has 1 aromatic carbocycles. The summed E-state index contributed by atoms with van der Waals surface area (Å²) in [5, 5.41) is 17.7. The lowest BCUT2D eigenvalue weighted by Gasteiger charge is -2.30. The standard InChI is InChI=1S/C25H29F3N4O4/c1-14(16-6-5-7-19(21(16)26)25(27,28)24(2,3)35)29-22-18-13-32(15-8-10-36-11-9-15)20(33)12-17(18)23(34)31(4)30-22/h5-7,12-15,35H,8-11H2,1-4H3,(H,29,30)/t14-/m1/s1. The molecule has 0 saturated carbocycles. The van der Waals surface area contributed by atoms with Crippen molar-refractivity contribution in [2.45, 2.75) is 57.2 Å². The van der Waals surface area contributed by atoms with Gasteiger partial charge in [0, 0.05) is 49.5 Å². The van der Waals surface area contributed by atoms with Crippen molar-refractivity contribution in [3.63, 3.8) is 0 Å². The molecule has 194 valence electrons. The van der Waals surface area contributed by atoms with Crippen LogP contribution in [-0.4, -0.2) is 38.3 Å². The normalized spacial score (nSPS) is 16.3. The van der Waals surface area contributed by atoms with Gasteiger partial charge in [-0.15, -0.1) is 0 Å². The summed E-state index contributed by atoms with van der Waals surface area (Å²) in [6, 6.07) is 3.90. The lowest BCUT2D eigenvalue weighted by molar-refractivity contribution is -0.170. The van der Waals surface area contributed by atoms with Gasteiger partial charge in [-0.2, -0.15) is 13.9 Å². The Kier molecular flexibility index (Phi) is 6.74. The highest BCUT2D eigenvalue weighted by molar-refractivity contribution is 5.90. The number of aryl methyl sites for hydroxylation is 1. The first kappa shape index (κ1) is 25.9. The molecule has 11 heteroatoms. The predicted octanol–water partition coefficient (Wildman–Crippen LogP) is 3.62. The first-order chi connectivity index (χ1) is 16.8. The highest BCUT2D eigenvalue weighted by Gasteiger charge is 2.49. The van der Waals surface area contributed by atoms with E-state index in [0.29, 0.717) is 31.4 Å². The summed E-state index contributed by atoms with van der Waals surface area (Å²) in [5.41, 5.74) is -4.28. The molecule has 0 spiro atoms. The Morgan fingerprint density at radius 2 is 1.86 bits per heavy atom. The van der Waals surface area contributed by atoms with E-state index in [1.165, 1.54) is 25.2 Å². The van der Waals surface area contributed by atoms with E-state index in [4.69, 9.17) is 4.74 Å². The number of aromatic nitrogens is 3. The van der Waals surface area contributed by atoms with Crippen molar-refractivity contribution in [2.75, 3.05) is 18.5 Å². The molecule has 0 bridgehead atoms. The van der Waals surface area contributed by atoms with Crippen LogP contribution in [0.15, 0.2) is 40.1 Å². The SMILES string of the molecule is C[C@@H](Nc1nn(C)c(=O)c2cc(=O)n(C3CCOCC3)cc12)c1cccc(C(F)(F)C(C)(C)O)c1F. The number of aliphatic hydroxyl groups is 1. The van der Waals surface area contributed by atoms with Gasteiger partial charge in [-0.05, 0) is 39.7 Å². The second-order valence-corrected chi connectivity index (χ2v) is 9.68. The summed E-state index contributed by atoms with van der Waals surface area (Å²) in [6.45, 7) is 4.42. The highest BCUT2D eigenvalue weighted by Crippen LogP contribution is 2.41. The fourth-order valence-electron chi connectivity index (χ4n) is 4.43. The smallest absolute Gasteiger partial charge is 0.303 e. The van der Waals surface area contributed by atoms with Crippen LogP contribution in [0.2, 0.25) is 0 Å². The number of rotatable bonds is 6. The van der Waals surface area contributed by atoms with Crippen molar-refractivity contribution in [3.8, 4) is 0 Å². The van der Waals surface area contributed by atoms with Crippen LogP contribution in [0.3, 0.4) is 0 Å². The first-order valence-electron chi connectivity index (χ1n) is 11.7. The van der Waals surface area contributed by atoms with Crippen LogP contribution in [0.4, 0.5) is 19.0 Å². The summed E-state index contributed by atoms with van der Waals surface area (Å²) >= 11 is 0. The average molecular weight is 507 g/mol. The van der Waals surface area contributed by atoms with Gasteiger partial charge in [-0.3, -0.25) is 9.59 Å². The molecule has 2 N–H and O–H groups in total. The van der Waals surface area contributed by atoms with Gasteiger partial charge in [0.25, 0.3) is 11.1 Å². The number of hydrogen-bond acceptors (Lipinski definition) is 6. The molecule has 3 heterocycles. The number of nitrogens with one attached hydrogen (secondary N) is 1. The molecular weight excluding hydrogens is 477 g/mol. The maximum Gasteiger partial charge on any atom is 0.303 e. The third kappa shape index (κ3) is 4.53. The second kappa shape index (κ2) is 9.36. The molecular formula is C25H29F3N4O4. The van der Waals surface area contributed by atoms with Crippen LogP contribution in [0, 0.1) is 5.82 Å². The van der Waals surface area contributed by atoms with Crippen molar-refractivity contribution in [1.29, 1.82) is 0 Å². The van der Waals surface area contributed by atoms with Gasteiger partial charge in [0.2, 0.25) is 0 Å². The second-order valence-electron chi connectivity index (χ2n) is 9.68. The summed E-state index contributed by atoms with van der Waals surface area (Å²) in [7, 11) is 1.42. The van der Waals surface area contributed by atoms with Crippen molar-refractivity contribution in [1.82, 2.24) is 14.3 Å². The van der Waals surface area contributed by atoms with E-state index >= 15 is 4.39 Å². The largest absolute Gasteiger partial charge is 0.384 e. The van der Waals surface area contributed by atoms with Gasteiger partial charge >= 0.3 is 5.92 Å². The van der Waals surface area contributed by atoms with E-state index in [-0.39, 0.29) is 28.4 Å². The maximum atomic E-state index is 15.3. The summed E-state index contributed by atoms with van der Waals surface area (Å²) in [6.07, 6.45) is 2.83. The van der Waals surface area contributed by atoms with Crippen LogP contribution in [0.25, 0.3) is 10.8 Å². The monoisotopic (exact) mass is 506 g/mol. The molecule has 2 aromatic heterocycles. The first-order valence-corrected chi connectivity index (χ1v) is 11.7. The Bertz CT molecular complexity index is 1410. The Hall–Kier alpha value is -3.18. The molecule has 0 aliphatic carbocycles. The van der Waals surface area contributed by atoms with Gasteiger partial charge in [-0.1, -0.05) is 12.1 Å². The Morgan fingerprint density at radius 3 is 2.50 bits per heavy atom. The molecule has 1 atom stereocenters. The van der Waals surface area contributed by atoms with Crippen molar-refractivity contribution < 1.29 is 23.0 Å². The van der Waals surface area contributed by atoms with E-state index in [0.717, 1.165) is 24.6 Å². The summed E-state index contributed by atoms with van der Waals surface area (Å²) in [4.78, 5) is 25.5. The number of anilines is 1.